The van der Waals surface area contributed by atoms with Crippen molar-refractivity contribution < 1.29 is 4.39 Å². The predicted octanol–water partition coefficient (Wildman–Crippen LogP) is 3.50. The van der Waals surface area contributed by atoms with Gasteiger partial charge in [-0.15, -0.1) is 10.2 Å². The lowest BCUT2D eigenvalue weighted by atomic mass is 9.95. The molecule has 0 spiro atoms. The fourth-order valence-electron chi connectivity index (χ4n) is 4.15. The van der Waals surface area contributed by atoms with Gasteiger partial charge in [0.05, 0.1) is 6.54 Å². The van der Waals surface area contributed by atoms with E-state index in [2.05, 4.69) is 38.7 Å². The van der Waals surface area contributed by atoms with Gasteiger partial charge in [-0.25, -0.2) is 4.39 Å². The summed E-state index contributed by atoms with van der Waals surface area (Å²) in [5.41, 5.74) is 1.88. The highest BCUT2D eigenvalue weighted by Gasteiger charge is 2.33. The molecule has 0 bridgehead atoms. The van der Waals surface area contributed by atoms with Gasteiger partial charge in [0.15, 0.2) is 0 Å². The van der Waals surface area contributed by atoms with Crippen LogP contribution in [0, 0.1) is 12.7 Å². The van der Waals surface area contributed by atoms with Crippen molar-refractivity contribution in [3.63, 3.8) is 0 Å². The molecule has 2 fully saturated rings. The zero-order valence-electron chi connectivity index (χ0n) is 16.7. The average molecular weight is 372 g/mol. The van der Waals surface area contributed by atoms with Gasteiger partial charge in [0.2, 0.25) is 0 Å². The number of rotatable bonds is 6. The van der Waals surface area contributed by atoms with E-state index in [4.69, 9.17) is 0 Å². The van der Waals surface area contributed by atoms with Gasteiger partial charge in [0.1, 0.15) is 17.5 Å². The molecule has 0 amide bonds. The Hall–Kier alpha value is -1.79. The van der Waals surface area contributed by atoms with Crippen molar-refractivity contribution >= 4 is 0 Å². The van der Waals surface area contributed by atoms with Crippen LogP contribution in [-0.2, 0) is 13.1 Å². The molecule has 2 aliphatic rings. The molecule has 1 aromatic carbocycles. The Morgan fingerprint density at radius 3 is 2.52 bits per heavy atom. The van der Waals surface area contributed by atoms with Gasteiger partial charge in [-0.2, -0.15) is 0 Å². The lowest BCUT2D eigenvalue weighted by molar-refractivity contribution is 0.199. The smallest absolute Gasteiger partial charge is 0.147 e. The fraction of sp³-hybridized carbons (Fsp3) is 0.619. The van der Waals surface area contributed by atoms with E-state index in [9.17, 15) is 4.39 Å². The molecular weight excluding hydrogens is 341 g/mol. The SMILES string of the molecule is Cc1c(F)cccc1CN1CCC(c2nnc(CN(C)C)n2C2CC2)CC1. The quantitative estimate of drug-likeness (QED) is 0.779. The molecule has 2 heterocycles. The Morgan fingerprint density at radius 1 is 1.11 bits per heavy atom. The molecule has 6 heteroatoms. The highest BCUT2D eigenvalue weighted by Crippen LogP contribution is 2.40. The van der Waals surface area contributed by atoms with Crippen molar-refractivity contribution in [3.05, 3.63) is 46.8 Å². The third-order valence-electron chi connectivity index (χ3n) is 5.89. The van der Waals surface area contributed by atoms with Gasteiger partial charge in [-0.3, -0.25) is 4.90 Å². The molecule has 4 rings (SSSR count). The van der Waals surface area contributed by atoms with Crippen LogP contribution in [0.5, 0.6) is 0 Å². The lowest BCUT2D eigenvalue weighted by Gasteiger charge is -2.32. The Labute approximate surface area is 161 Å². The first-order valence-corrected chi connectivity index (χ1v) is 10.1. The summed E-state index contributed by atoms with van der Waals surface area (Å²) in [6.07, 6.45) is 4.70. The lowest BCUT2D eigenvalue weighted by Crippen LogP contribution is -2.33. The maximum Gasteiger partial charge on any atom is 0.147 e. The summed E-state index contributed by atoms with van der Waals surface area (Å²) in [4.78, 5) is 4.60. The predicted molar refractivity (Wildman–Crippen MR) is 104 cm³/mol. The van der Waals surface area contributed by atoms with E-state index < -0.39 is 0 Å². The van der Waals surface area contributed by atoms with Gasteiger partial charge in [0.25, 0.3) is 0 Å². The van der Waals surface area contributed by atoms with Crippen molar-refractivity contribution in [2.45, 2.75) is 57.7 Å². The maximum absolute atomic E-state index is 13.8. The third kappa shape index (κ3) is 4.06. The van der Waals surface area contributed by atoms with Crippen LogP contribution in [0.15, 0.2) is 18.2 Å². The fourth-order valence-corrected chi connectivity index (χ4v) is 4.15. The minimum absolute atomic E-state index is 0.103. The molecule has 1 aromatic heterocycles. The summed E-state index contributed by atoms with van der Waals surface area (Å²) in [6, 6.07) is 6.01. The summed E-state index contributed by atoms with van der Waals surface area (Å²) in [7, 11) is 4.16. The van der Waals surface area contributed by atoms with Gasteiger partial charge in [-0.1, -0.05) is 12.1 Å². The number of hydrogen-bond acceptors (Lipinski definition) is 4. The highest BCUT2D eigenvalue weighted by atomic mass is 19.1. The van der Waals surface area contributed by atoms with Crippen LogP contribution in [0.1, 0.15) is 60.4 Å². The van der Waals surface area contributed by atoms with Crippen LogP contribution in [-0.4, -0.2) is 51.7 Å². The second-order valence-corrected chi connectivity index (χ2v) is 8.39. The Bertz CT molecular complexity index is 788. The first kappa shape index (κ1) is 18.6. The van der Waals surface area contributed by atoms with Gasteiger partial charge >= 0.3 is 0 Å². The number of aromatic nitrogens is 3. The summed E-state index contributed by atoms with van der Waals surface area (Å²) >= 11 is 0. The number of hydrogen-bond donors (Lipinski definition) is 0. The van der Waals surface area contributed by atoms with Crippen LogP contribution >= 0.6 is 0 Å². The van der Waals surface area contributed by atoms with Crippen LogP contribution in [0.4, 0.5) is 4.39 Å². The third-order valence-corrected chi connectivity index (χ3v) is 5.89. The van der Waals surface area contributed by atoms with E-state index >= 15 is 0 Å². The first-order valence-electron chi connectivity index (χ1n) is 10.1. The van der Waals surface area contributed by atoms with Crippen molar-refractivity contribution in [1.29, 1.82) is 0 Å². The molecule has 1 saturated carbocycles. The molecule has 2 aromatic rings. The van der Waals surface area contributed by atoms with Crippen molar-refractivity contribution in [2.75, 3.05) is 27.2 Å². The number of likely N-dealkylation sites (tertiary alicyclic amines) is 1. The van der Waals surface area contributed by atoms with E-state index in [0.717, 1.165) is 56.0 Å². The summed E-state index contributed by atoms with van der Waals surface area (Å²) in [6.45, 7) is 5.61. The molecule has 0 radical (unpaired) electrons. The average Bonchev–Trinajstić information content (AvgIpc) is 3.40. The normalized spacial score (nSPS) is 19.1. The van der Waals surface area contributed by atoms with Gasteiger partial charge < -0.3 is 9.47 Å². The van der Waals surface area contributed by atoms with Crippen molar-refractivity contribution in [1.82, 2.24) is 24.6 Å². The largest absolute Gasteiger partial charge is 0.311 e. The zero-order chi connectivity index (χ0) is 19.0. The molecule has 0 atom stereocenters. The molecule has 146 valence electrons. The molecule has 1 aliphatic heterocycles. The van der Waals surface area contributed by atoms with E-state index in [1.807, 2.05) is 19.1 Å². The highest BCUT2D eigenvalue weighted by molar-refractivity contribution is 5.27. The topological polar surface area (TPSA) is 37.2 Å². The summed E-state index contributed by atoms with van der Waals surface area (Å²) in [5.74, 6) is 2.68. The molecule has 5 nitrogen and oxygen atoms in total. The Balaban J connectivity index is 1.42. The number of nitrogens with zero attached hydrogens (tertiary/aromatic N) is 5. The monoisotopic (exact) mass is 371 g/mol. The number of halogens is 1. The van der Waals surface area contributed by atoms with E-state index in [-0.39, 0.29) is 5.82 Å². The number of benzene rings is 1. The molecule has 27 heavy (non-hydrogen) atoms. The van der Waals surface area contributed by atoms with Crippen LogP contribution in [0.25, 0.3) is 0 Å². The Kier molecular flexibility index (Phi) is 5.28. The molecular formula is C21H30FN5. The molecule has 0 unspecified atom stereocenters. The van der Waals surface area contributed by atoms with Gasteiger partial charge in [-0.05, 0) is 77.0 Å². The standard InChI is InChI=1S/C21H30FN5/c1-15-17(5-4-6-19(15)22)13-26-11-9-16(10-12-26)21-24-23-20(14-25(2)3)27(21)18-7-8-18/h4-6,16,18H,7-14H2,1-3H3. The summed E-state index contributed by atoms with van der Waals surface area (Å²) in [5, 5.41) is 9.12. The van der Waals surface area contributed by atoms with E-state index in [0.29, 0.717) is 12.0 Å². The van der Waals surface area contributed by atoms with Crippen molar-refractivity contribution in [3.8, 4) is 0 Å². The van der Waals surface area contributed by atoms with Crippen molar-refractivity contribution in [2.24, 2.45) is 0 Å². The molecule has 1 saturated heterocycles. The zero-order valence-corrected chi connectivity index (χ0v) is 16.7. The Morgan fingerprint density at radius 2 is 1.85 bits per heavy atom. The second kappa shape index (κ2) is 7.68. The summed E-state index contributed by atoms with van der Waals surface area (Å²) < 4.78 is 16.2. The van der Waals surface area contributed by atoms with Gasteiger partial charge in [0, 0.05) is 18.5 Å². The maximum atomic E-state index is 13.8. The first-order chi connectivity index (χ1) is 13.0. The van der Waals surface area contributed by atoms with Crippen LogP contribution < -0.4 is 0 Å². The molecule has 0 N–H and O–H groups in total. The van der Waals surface area contributed by atoms with Crippen LogP contribution in [0.2, 0.25) is 0 Å². The number of piperidine rings is 1. The van der Waals surface area contributed by atoms with Crippen LogP contribution in [0.3, 0.4) is 0 Å². The van der Waals surface area contributed by atoms with E-state index in [1.165, 1.54) is 18.7 Å². The molecule has 1 aliphatic carbocycles. The van der Waals surface area contributed by atoms with E-state index in [1.54, 1.807) is 6.07 Å². The minimum atomic E-state index is -0.103. The minimum Gasteiger partial charge on any atom is -0.311 e. The second-order valence-electron chi connectivity index (χ2n) is 8.39.